The van der Waals surface area contributed by atoms with Crippen LogP contribution in [0.3, 0.4) is 0 Å². The Hall–Kier alpha value is -0.136. The van der Waals surface area contributed by atoms with Crippen molar-refractivity contribution in [1.82, 2.24) is 0 Å². The lowest BCUT2D eigenvalue weighted by atomic mass is 9.83. The van der Waals surface area contributed by atoms with Crippen LogP contribution >= 0.6 is 0 Å². The highest BCUT2D eigenvalue weighted by atomic mass is 28.4. The van der Waals surface area contributed by atoms with Gasteiger partial charge in [-0.05, 0) is 49.1 Å². The molecule has 0 spiro atoms. The molecule has 5 heteroatoms. The highest BCUT2D eigenvalue weighted by molar-refractivity contribution is 6.75. The van der Waals surface area contributed by atoms with Crippen LogP contribution in [0.5, 0.6) is 0 Å². The molecule has 130 valence electrons. The van der Waals surface area contributed by atoms with Gasteiger partial charge in [-0.3, -0.25) is 4.79 Å². The second-order valence-corrected chi connectivity index (χ2v) is 19.3. The summed E-state index contributed by atoms with van der Waals surface area (Å²) in [7, 11) is -3.72. The number of carbonyl (C=O) groups is 1. The van der Waals surface area contributed by atoms with Crippen LogP contribution in [0, 0.1) is 5.92 Å². The van der Waals surface area contributed by atoms with E-state index in [9.17, 15) is 4.79 Å². The molecule has 1 fully saturated rings. The topological polar surface area (TPSA) is 35.5 Å². The fourth-order valence-electron chi connectivity index (χ4n) is 1.94. The summed E-state index contributed by atoms with van der Waals surface area (Å²) in [6.45, 7) is 22.1. The Kier molecular flexibility index (Phi) is 5.48. The van der Waals surface area contributed by atoms with Crippen LogP contribution in [0.15, 0.2) is 0 Å². The first-order valence-electron chi connectivity index (χ1n) is 8.47. The van der Waals surface area contributed by atoms with Crippen LogP contribution < -0.4 is 0 Å². The summed E-state index contributed by atoms with van der Waals surface area (Å²) in [5, 5.41) is 0.295. The molecule has 0 N–H and O–H groups in total. The molecular formula is C17H36O3Si2. The molecule has 0 bridgehead atoms. The quantitative estimate of drug-likeness (QED) is 0.646. The first-order valence-corrected chi connectivity index (χ1v) is 14.3. The molecule has 0 heterocycles. The van der Waals surface area contributed by atoms with Gasteiger partial charge in [-0.2, -0.15) is 0 Å². The van der Waals surface area contributed by atoms with Gasteiger partial charge in [0.15, 0.2) is 8.32 Å². The van der Waals surface area contributed by atoms with Crippen molar-refractivity contribution in [2.24, 2.45) is 5.92 Å². The van der Waals surface area contributed by atoms with Gasteiger partial charge in [-0.15, -0.1) is 0 Å². The van der Waals surface area contributed by atoms with E-state index in [1.165, 1.54) is 0 Å². The van der Waals surface area contributed by atoms with Crippen molar-refractivity contribution in [2.75, 3.05) is 0 Å². The van der Waals surface area contributed by atoms with Crippen molar-refractivity contribution in [2.45, 2.75) is 96.8 Å². The molecule has 0 amide bonds. The monoisotopic (exact) mass is 344 g/mol. The van der Waals surface area contributed by atoms with E-state index in [2.05, 4.69) is 67.7 Å². The molecule has 0 atom stereocenters. The van der Waals surface area contributed by atoms with E-state index in [1.54, 1.807) is 0 Å². The highest BCUT2D eigenvalue weighted by Crippen LogP contribution is 2.43. The van der Waals surface area contributed by atoms with Gasteiger partial charge < -0.3 is 8.85 Å². The molecule has 1 saturated carbocycles. The number of rotatable bonds is 4. The van der Waals surface area contributed by atoms with Crippen molar-refractivity contribution < 1.29 is 13.6 Å². The average molecular weight is 345 g/mol. The van der Waals surface area contributed by atoms with Gasteiger partial charge in [0.1, 0.15) is 0 Å². The van der Waals surface area contributed by atoms with E-state index in [-0.39, 0.29) is 28.1 Å². The summed E-state index contributed by atoms with van der Waals surface area (Å²) in [6.07, 6.45) is 1.91. The minimum atomic E-state index is -1.99. The third-order valence-electron chi connectivity index (χ3n) is 5.86. The normalized spacial score (nSPS) is 23.9. The van der Waals surface area contributed by atoms with Crippen LogP contribution in [0.1, 0.15) is 54.4 Å². The van der Waals surface area contributed by atoms with Crippen molar-refractivity contribution in [3.8, 4) is 0 Å². The highest BCUT2D eigenvalue weighted by Gasteiger charge is 2.47. The lowest BCUT2D eigenvalue weighted by molar-refractivity contribution is -0.146. The smallest absolute Gasteiger partial charge is 0.295 e. The van der Waals surface area contributed by atoms with Gasteiger partial charge in [0.2, 0.25) is 0 Å². The maximum Gasteiger partial charge on any atom is 0.295 e. The first-order chi connectivity index (χ1) is 9.57. The van der Waals surface area contributed by atoms with E-state index >= 15 is 0 Å². The van der Waals surface area contributed by atoms with Gasteiger partial charge in [-0.25, -0.2) is 0 Å². The Morgan fingerprint density at radius 1 is 0.864 bits per heavy atom. The Balaban J connectivity index is 2.50. The molecule has 0 saturated heterocycles. The van der Waals surface area contributed by atoms with Crippen molar-refractivity contribution in [3.63, 3.8) is 0 Å². The van der Waals surface area contributed by atoms with Crippen LogP contribution in [-0.2, 0) is 13.6 Å². The van der Waals surface area contributed by atoms with E-state index in [0.29, 0.717) is 0 Å². The molecule has 0 aromatic carbocycles. The Labute approximate surface area is 139 Å². The van der Waals surface area contributed by atoms with Crippen LogP contribution in [-0.4, -0.2) is 28.7 Å². The SMILES string of the molecule is CC(C)(C)[Si](C)(C)OC(=O)[C@H]1C[C@@H](O[Si](C)(C)C(C)(C)C)C1. The Morgan fingerprint density at radius 3 is 1.64 bits per heavy atom. The van der Waals surface area contributed by atoms with Gasteiger partial charge in [0.25, 0.3) is 14.3 Å². The fraction of sp³-hybridized carbons (Fsp3) is 0.941. The largest absolute Gasteiger partial charge is 0.519 e. The lowest BCUT2D eigenvalue weighted by Crippen LogP contribution is -2.51. The average Bonchev–Trinajstić information content (AvgIpc) is 2.18. The summed E-state index contributed by atoms with van der Waals surface area (Å²) in [5.74, 6) is 0.0468. The fourth-order valence-corrected chi connectivity index (χ4v) is 4.29. The molecule has 0 unspecified atom stereocenters. The maximum atomic E-state index is 12.4. The zero-order chi connectivity index (χ0) is 17.6. The van der Waals surface area contributed by atoms with Crippen LogP contribution in [0.25, 0.3) is 0 Å². The summed E-state index contributed by atoms with van der Waals surface area (Å²) in [5.41, 5.74) is 0. The summed E-state index contributed by atoms with van der Waals surface area (Å²) in [4.78, 5) is 12.4. The Morgan fingerprint density at radius 2 is 1.27 bits per heavy atom. The molecule has 0 aliphatic heterocycles. The molecule has 3 nitrogen and oxygen atoms in total. The second-order valence-electron chi connectivity index (χ2n) is 9.85. The Bertz CT molecular complexity index is 411. The predicted molar refractivity (Wildman–Crippen MR) is 98.1 cm³/mol. The number of hydrogen-bond acceptors (Lipinski definition) is 3. The van der Waals surface area contributed by atoms with Gasteiger partial charge in [0.05, 0.1) is 5.92 Å². The molecule has 0 aromatic heterocycles. The molecular weight excluding hydrogens is 308 g/mol. The van der Waals surface area contributed by atoms with Crippen LogP contribution in [0.4, 0.5) is 0 Å². The van der Waals surface area contributed by atoms with E-state index < -0.39 is 16.6 Å². The first kappa shape index (κ1) is 19.9. The number of hydrogen-bond donors (Lipinski definition) is 0. The maximum absolute atomic E-state index is 12.4. The lowest BCUT2D eigenvalue weighted by Gasteiger charge is -2.45. The zero-order valence-electron chi connectivity index (χ0n) is 16.3. The second kappa shape index (κ2) is 6.06. The van der Waals surface area contributed by atoms with Gasteiger partial charge >= 0.3 is 0 Å². The third kappa shape index (κ3) is 4.45. The van der Waals surface area contributed by atoms with Gasteiger partial charge in [0, 0.05) is 6.10 Å². The van der Waals surface area contributed by atoms with Crippen LogP contribution in [0.2, 0.25) is 36.3 Å². The molecule has 1 aliphatic carbocycles. The predicted octanol–water partition coefficient (Wildman–Crippen LogP) is 5.34. The summed E-state index contributed by atoms with van der Waals surface area (Å²) >= 11 is 0. The summed E-state index contributed by atoms with van der Waals surface area (Å²) < 4.78 is 12.3. The molecule has 22 heavy (non-hydrogen) atoms. The van der Waals surface area contributed by atoms with Crippen molar-refractivity contribution in [1.29, 1.82) is 0 Å². The minimum Gasteiger partial charge on any atom is -0.519 e. The minimum absolute atomic E-state index is 0.00155. The zero-order valence-corrected chi connectivity index (χ0v) is 18.3. The molecule has 0 radical (unpaired) electrons. The van der Waals surface area contributed by atoms with E-state index in [4.69, 9.17) is 8.85 Å². The summed E-state index contributed by atoms with van der Waals surface area (Å²) in [6, 6.07) is 0. The molecule has 1 rings (SSSR count). The standard InChI is InChI=1S/C17H36O3Si2/c1-16(2,3)21(7,8)19-14-11-13(12-14)15(18)20-22(9,10)17(4,5)6/h13-14H,11-12H2,1-10H3/t13-,14+. The van der Waals surface area contributed by atoms with E-state index in [1.807, 2.05) is 0 Å². The third-order valence-corrected chi connectivity index (χ3v) is 14.7. The van der Waals surface area contributed by atoms with E-state index in [0.717, 1.165) is 12.8 Å². The molecule has 0 aromatic rings. The van der Waals surface area contributed by atoms with Crippen molar-refractivity contribution in [3.05, 3.63) is 0 Å². The number of carbonyl (C=O) groups excluding carboxylic acids is 1. The van der Waals surface area contributed by atoms with Gasteiger partial charge in [-0.1, -0.05) is 41.5 Å². The molecule has 1 aliphatic rings. The van der Waals surface area contributed by atoms with Crippen molar-refractivity contribution >= 4 is 22.6 Å².